The van der Waals surface area contributed by atoms with Crippen molar-refractivity contribution in [1.29, 1.82) is 0 Å². The van der Waals surface area contributed by atoms with Crippen LogP contribution in [0.1, 0.15) is 42.4 Å². The van der Waals surface area contributed by atoms with Gasteiger partial charge in [-0.2, -0.15) is 10.2 Å². The Labute approximate surface area is 191 Å². The molecule has 1 amide bonds. The summed E-state index contributed by atoms with van der Waals surface area (Å²) < 4.78 is 22.7. The van der Waals surface area contributed by atoms with Crippen molar-refractivity contribution in [3.8, 4) is 5.75 Å². The van der Waals surface area contributed by atoms with E-state index in [9.17, 15) is 9.18 Å². The highest BCUT2D eigenvalue weighted by Gasteiger charge is 2.14. The van der Waals surface area contributed by atoms with Gasteiger partial charge in [0, 0.05) is 18.0 Å². The number of hydrogen-bond acceptors (Lipinski definition) is 4. The maximum atomic E-state index is 13.8. The van der Waals surface area contributed by atoms with E-state index in [1.54, 1.807) is 46.0 Å². The number of benzene rings is 2. The van der Waals surface area contributed by atoms with Gasteiger partial charge in [0.25, 0.3) is 5.91 Å². The summed E-state index contributed by atoms with van der Waals surface area (Å²) in [7, 11) is 0. The van der Waals surface area contributed by atoms with Crippen LogP contribution >= 0.6 is 0 Å². The standard InChI is InChI=1S/C25H26FN5O2/c1-25(2,3)19-8-10-21(11-9-19)33-17-30-13-12-23(29-30)24(32)28-20-14-27-31(16-20)15-18-6-4-5-7-22(18)26/h4-14,16H,15,17H2,1-3H3,(H,28,32). The van der Waals surface area contributed by atoms with Crippen LogP contribution in [0.2, 0.25) is 0 Å². The van der Waals surface area contributed by atoms with Crippen molar-refractivity contribution < 1.29 is 13.9 Å². The van der Waals surface area contributed by atoms with Gasteiger partial charge in [0.15, 0.2) is 12.4 Å². The van der Waals surface area contributed by atoms with Crippen LogP contribution in [-0.2, 0) is 18.7 Å². The summed E-state index contributed by atoms with van der Waals surface area (Å²) in [5.74, 6) is 0.0666. The predicted molar refractivity (Wildman–Crippen MR) is 124 cm³/mol. The van der Waals surface area contributed by atoms with Gasteiger partial charge in [0.05, 0.1) is 18.4 Å². The summed E-state index contributed by atoms with van der Waals surface area (Å²) >= 11 is 0. The lowest BCUT2D eigenvalue weighted by atomic mass is 9.87. The molecule has 0 aliphatic heterocycles. The lowest BCUT2D eigenvalue weighted by molar-refractivity contribution is 0.102. The zero-order chi connectivity index (χ0) is 23.4. The molecule has 0 radical (unpaired) electrons. The molecule has 170 valence electrons. The Kier molecular flexibility index (Phi) is 6.26. The normalized spacial score (nSPS) is 11.4. The molecule has 0 saturated carbocycles. The predicted octanol–water partition coefficient (Wildman–Crippen LogP) is 4.85. The van der Waals surface area contributed by atoms with Crippen LogP contribution in [0.4, 0.5) is 10.1 Å². The average Bonchev–Trinajstić information content (AvgIpc) is 3.43. The molecule has 7 nitrogen and oxygen atoms in total. The minimum Gasteiger partial charge on any atom is -0.471 e. The second-order valence-corrected chi connectivity index (χ2v) is 8.76. The Morgan fingerprint density at radius 3 is 2.55 bits per heavy atom. The van der Waals surface area contributed by atoms with E-state index >= 15 is 0 Å². The van der Waals surface area contributed by atoms with E-state index < -0.39 is 0 Å². The van der Waals surface area contributed by atoms with Crippen molar-refractivity contribution >= 4 is 11.6 Å². The Balaban J connectivity index is 1.32. The van der Waals surface area contributed by atoms with Crippen LogP contribution in [-0.4, -0.2) is 25.5 Å². The minimum absolute atomic E-state index is 0.0804. The van der Waals surface area contributed by atoms with Gasteiger partial charge in [-0.25, -0.2) is 9.07 Å². The van der Waals surface area contributed by atoms with Crippen LogP contribution in [0, 0.1) is 5.82 Å². The molecule has 2 aromatic heterocycles. The fourth-order valence-corrected chi connectivity index (χ4v) is 3.26. The summed E-state index contributed by atoms with van der Waals surface area (Å²) in [4.78, 5) is 12.5. The van der Waals surface area contributed by atoms with Gasteiger partial charge in [-0.3, -0.25) is 9.48 Å². The molecule has 2 heterocycles. The number of halogens is 1. The van der Waals surface area contributed by atoms with Gasteiger partial charge in [0.2, 0.25) is 0 Å². The van der Waals surface area contributed by atoms with Crippen molar-refractivity contribution in [1.82, 2.24) is 19.6 Å². The van der Waals surface area contributed by atoms with E-state index in [0.717, 1.165) is 5.75 Å². The summed E-state index contributed by atoms with van der Waals surface area (Å²) in [5, 5.41) is 11.2. The van der Waals surface area contributed by atoms with Crippen LogP contribution < -0.4 is 10.1 Å². The molecule has 0 fully saturated rings. The van der Waals surface area contributed by atoms with Crippen molar-refractivity contribution in [2.75, 3.05) is 5.32 Å². The molecule has 0 spiro atoms. The van der Waals surface area contributed by atoms with Crippen molar-refractivity contribution in [2.24, 2.45) is 0 Å². The molecule has 4 aromatic rings. The Hall–Kier alpha value is -3.94. The highest BCUT2D eigenvalue weighted by atomic mass is 19.1. The van der Waals surface area contributed by atoms with E-state index in [1.807, 2.05) is 24.3 Å². The van der Waals surface area contributed by atoms with Crippen molar-refractivity contribution in [2.45, 2.75) is 39.5 Å². The topological polar surface area (TPSA) is 74.0 Å². The quantitative estimate of drug-likeness (QED) is 0.439. The van der Waals surface area contributed by atoms with Gasteiger partial charge in [-0.1, -0.05) is 51.1 Å². The number of carbonyl (C=O) groups is 1. The molecular formula is C25H26FN5O2. The van der Waals surface area contributed by atoms with E-state index in [4.69, 9.17) is 4.74 Å². The molecule has 0 aliphatic carbocycles. The molecule has 0 atom stereocenters. The number of anilines is 1. The van der Waals surface area contributed by atoms with E-state index in [2.05, 4.69) is 36.3 Å². The van der Waals surface area contributed by atoms with Gasteiger partial charge >= 0.3 is 0 Å². The molecule has 8 heteroatoms. The lowest BCUT2D eigenvalue weighted by Gasteiger charge is -2.19. The van der Waals surface area contributed by atoms with E-state index in [1.165, 1.54) is 17.8 Å². The monoisotopic (exact) mass is 447 g/mol. The first kappa shape index (κ1) is 22.3. The molecular weight excluding hydrogens is 421 g/mol. The number of carbonyl (C=O) groups excluding carboxylic acids is 1. The van der Waals surface area contributed by atoms with Crippen molar-refractivity contribution in [3.05, 3.63) is 95.8 Å². The number of aromatic nitrogens is 4. The lowest BCUT2D eigenvalue weighted by Crippen LogP contribution is -2.14. The summed E-state index contributed by atoms with van der Waals surface area (Å²) in [6, 6.07) is 16.1. The van der Waals surface area contributed by atoms with E-state index in [0.29, 0.717) is 11.3 Å². The van der Waals surface area contributed by atoms with Gasteiger partial charge in [-0.15, -0.1) is 0 Å². The second kappa shape index (κ2) is 9.28. The smallest absolute Gasteiger partial charge is 0.276 e. The minimum atomic E-state index is -0.367. The highest BCUT2D eigenvalue weighted by Crippen LogP contribution is 2.24. The molecule has 33 heavy (non-hydrogen) atoms. The molecule has 4 rings (SSSR count). The molecule has 2 aromatic carbocycles. The Morgan fingerprint density at radius 2 is 1.82 bits per heavy atom. The number of ether oxygens (including phenoxy) is 1. The van der Waals surface area contributed by atoms with Crippen LogP contribution in [0.15, 0.2) is 73.2 Å². The first-order valence-corrected chi connectivity index (χ1v) is 10.6. The fraction of sp³-hybridized carbons (Fsp3) is 0.240. The number of amides is 1. The summed E-state index contributed by atoms with van der Waals surface area (Å²) in [6.45, 7) is 6.93. The zero-order valence-electron chi connectivity index (χ0n) is 18.8. The number of nitrogens with zero attached hydrogens (tertiary/aromatic N) is 4. The third-order valence-corrected chi connectivity index (χ3v) is 5.14. The first-order chi connectivity index (χ1) is 15.8. The average molecular weight is 448 g/mol. The van der Waals surface area contributed by atoms with Crippen LogP contribution in [0.5, 0.6) is 5.75 Å². The first-order valence-electron chi connectivity index (χ1n) is 10.6. The van der Waals surface area contributed by atoms with Crippen LogP contribution in [0.25, 0.3) is 0 Å². The molecule has 0 saturated heterocycles. The van der Waals surface area contributed by atoms with Crippen molar-refractivity contribution in [3.63, 3.8) is 0 Å². The number of nitrogens with one attached hydrogen (secondary N) is 1. The second-order valence-electron chi connectivity index (χ2n) is 8.76. The zero-order valence-corrected chi connectivity index (χ0v) is 18.8. The molecule has 1 N–H and O–H groups in total. The SMILES string of the molecule is CC(C)(C)c1ccc(OCn2ccc(C(=O)Nc3cnn(Cc4ccccc4F)c3)n2)cc1. The number of hydrogen-bond donors (Lipinski definition) is 1. The number of rotatable bonds is 7. The van der Waals surface area contributed by atoms with E-state index in [-0.39, 0.29) is 36.1 Å². The van der Waals surface area contributed by atoms with Gasteiger partial charge < -0.3 is 10.1 Å². The van der Waals surface area contributed by atoms with Gasteiger partial charge in [0.1, 0.15) is 11.6 Å². The largest absolute Gasteiger partial charge is 0.471 e. The Bertz CT molecular complexity index is 1240. The fourth-order valence-electron chi connectivity index (χ4n) is 3.26. The summed E-state index contributed by atoms with van der Waals surface area (Å²) in [6.07, 6.45) is 4.84. The third kappa shape index (κ3) is 5.65. The van der Waals surface area contributed by atoms with Gasteiger partial charge in [-0.05, 0) is 35.2 Å². The molecule has 0 aliphatic rings. The molecule has 0 bridgehead atoms. The Morgan fingerprint density at radius 1 is 1.06 bits per heavy atom. The van der Waals surface area contributed by atoms with Crippen LogP contribution in [0.3, 0.4) is 0 Å². The third-order valence-electron chi connectivity index (χ3n) is 5.14. The maximum absolute atomic E-state index is 13.8. The maximum Gasteiger partial charge on any atom is 0.276 e. The highest BCUT2D eigenvalue weighted by molar-refractivity contribution is 6.02. The molecule has 0 unspecified atom stereocenters. The summed E-state index contributed by atoms with van der Waals surface area (Å²) in [5.41, 5.74) is 2.58.